The Morgan fingerprint density at radius 1 is 0.771 bits per heavy atom. The number of ether oxygens (including phenoxy) is 1. The molecular formula is C29H23BrN2O3. The Kier molecular flexibility index (Phi) is 8.09. The molecule has 0 radical (unpaired) electrons. The number of rotatable bonds is 8. The summed E-state index contributed by atoms with van der Waals surface area (Å²) in [5.41, 5.74) is 2.31. The van der Waals surface area contributed by atoms with Crippen LogP contribution in [0.3, 0.4) is 0 Å². The van der Waals surface area contributed by atoms with E-state index in [-0.39, 0.29) is 17.5 Å². The van der Waals surface area contributed by atoms with Crippen LogP contribution in [0.1, 0.15) is 21.5 Å². The van der Waals surface area contributed by atoms with Crippen LogP contribution in [0.4, 0.5) is 0 Å². The zero-order valence-corrected chi connectivity index (χ0v) is 20.4. The predicted octanol–water partition coefficient (Wildman–Crippen LogP) is 6.33. The molecule has 0 saturated carbocycles. The van der Waals surface area contributed by atoms with E-state index in [1.807, 2.05) is 84.9 Å². The summed E-state index contributed by atoms with van der Waals surface area (Å²) in [5, 5.41) is 5.63. The van der Waals surface area contributed by atoms with Gasteiger partial charge in [-0.15, -0.1) is 0 Å². The summed E-state index contributed by atoms with van der Waals surface area (Å²) in [5.74, 6) is 0.608. The lowest BCUT2D eigenvalue weighted by Crippen LogP contribution is -2.34. The van der Waals surface area contributed by atoms with Crippen molar-refractivity contribution in [3.05, 3.63) is 136 Å². The largest absolute Gasteiger partial charge is 0.456 e. The summed E-state index contributed by atoms with van der Waals surface area (Å²) in [4.78, 5) is 25.8. The normalized spacial score (nSPS) is 10.9. The SMILES string of the molecule is O=C(NCc1ccccc1)/C(=C/c1ccc(Oc2ccccc2Br)cc1)NC(=O)c1ccccc1. The highest BCUT2D eigenvalue weighted by atomic mass is 79.9. The smallest absolute Gasteiger partial charge is 0.268 e. The highest BCUT2D eigenvalue weighted by Crippen LogP contribution is 2.29. The molecule has 0 unspecified atom stereocenters. The molecule has 0 aliphatic heterocycles. The van der Waals surface area contributed by atoms with Gasteiger partial charge in [-0.1, -0.05) is 72.8 Å². The molecule has 4 rings (SSSR count). The average Bonchev–Trinajstić information content (AvgIpc) is 2.90. The van der Waals surface area contributed by atoms with E-state index in [0.717, 1.165) is 15.6 Å². The van der Waals surface area contributed by atoms with Gasteiger partial charge in [0.25, 0.3) is 11.8 Å². The van der Waals surface area contributed by atoms with Crippen molar-refractivity contribution in [3.8, 4) is 11.5 Å². The molecular weight excluding hydrogens is 504 g/mol. The van der Waals surface area contributed by atoms with Gasteiger partial charge in [0.2, 0.25) is 0 Å². The van der Waals surface area contributed by atoms with Gasteiger partial charge >= 0.3 is 0 Å². The third-order valence-corrected chi connectivity index (χ3v) is 5.74. The Morgan fingerprint density at radius 3 is 2.09 bits per heavy atom. The first-order valence-corrected chi connectivity index (χ1v) is 11.8. The lowest BCUT2D eigenvalue weighted by atomic mass is 10.1. The van der Waals surface area contributed by atoms with Gasteiger partial charge in [0.1, 0.15) is 17.2 Å². The summed E-state index contributed by atoms with van der Waals surface area (Å²) in [6, 6.07) is 33.2. The van der Waals surface area contributed by atoms with E-state index < -0.39 is 0 Å². The molecule has 0 bridgehead atoms. The third-order valence-electron chi connectivity index (χ3n) is 5.08. The highest BCUT2D eigenvalue weighted by molar-refractivity contribution is 9.10. The number of carbonyl (C=O) groups is 2. The molecule has 6 heteroatoms. The fourth-order valence-corrected chi connectivity index (χ4v) is 3.63. The van der Waals surface area contributed by atoms with Gasteiger partial charge < -0.3 is 15.4 Å². The molecule has 0 aliphatic carbocycles. The maximum atomic E-state index is 13.0. The molecule has 0 fully saturated rings. The van der Waals surface area contributed by atoms with E-state index in [0.29, 0.717) is 23.6 Å². The van der Waals surface area contributed by atoms with Crippen LogP contribution in [0.25, 0.3) is 6.08 Å². The molecule has 2 N–H and O–H groups in total. The van der Waals surface area contributed by atoms with Crippen molar-refractivity contribution < 1.29 is 14.3 Å². The molecule has 35 heavy (non-hydrogen) atoms. The number of nitrogens with one attached hydrogen (secondary N) is 2. The van der Waals surface area contributed by atoms with Gasteiger partial charge in [0.15, 0.2) is 0 Å². The average molecular weight is 527 g/mol. The van der Waals surface area contributed by atoms with Crippen molar-refractivity contribution in [3.63, 3.8) is 0 Å². The molecule has 0 heterocycles. The van der Waals surface area contributed by atoms with Gasteiger partial charge in [-0.2, -0.15) is 0 Å². The monoisotopic (exact) mass is 526 g/mol. The second-order valence-corrected chi connectivity index (χ2v) is 8.50. The molecule has 5 nitrogen and oxygen atoms in total. The van der Waals surface area contributed by atoms with Gasteiger partial charge in [-0.05, 0) is 69.5 Å². The number of halogens is 1. The Bertz CT molecular complexity index is 1320. The summed E-state index contributed by atoms with van der Waals surface area (Å²) in [6.45, 7) is 0.344. The Hall–Kier alpha value is -4.16. The minimum Gasteiger partial charge on any atom is -0.456 e. The second kappa shape index (κ2) is 11.8. The van der Waals surface area contributed by atoms with E-state index in [1.165, 1.54) is 0 Å². The van der Waals surface area contributed by atoms with Crippen molar-refractivity contribution in [1.82, 2.24) is 10.6 Å². The fraction of sp³-hybridized carbons (Fsp3) is 0.0345. The van der Waals surface area contributed by atoms with E-state index in [9.17, 15) is 9.59 Å². The van der Waals surface area contributed by atoms with Crippen LogP contribution < -0.4 is 15.4 Å². The Balaban J connectivity index is 1.53. The Labute approximate surface area is 212 Å². The van der Waals surface area contributed by atoms with Crippen molar-refractivity contribution in [2.75, 3.05) is 0 Å². The Morgan fingerprint density at radius 2 is 1.40 bits per heavy atom. The molecule has 0 saturated heterocycles. The lowest BCUT2D eigenvalue weighted by Gasteiger charge is -2.12. The number of hydrogen-bond acceptors (Lipinski definition) is 3. The summed E-state index contributed by atoms with van der Waals surface area (Å²) in [7, 11) is 0. The first-order valence-electron chi connectivity index (χ1n) is 11.0. The number of amides is 2. The summed E-state index contributed by atoms with van der Waals surface area (Å²) in [6.07, 6.45) is 1.64. The van der Waals surface area contributed by atoms with Crippen LogP contribution in [0, 0.1) is 0 Å². The van der Waals surface area contributed by atoms with E-state index in [4.69, 9.17) is 4.74 Å². The highest BCUT2D eigenvalue weighted by Gasteiger charge is 2.14. The maximum Gasteiger partial charge on any atom is 0.268 e. The van der Waals surface area contributed by atoms with Crippen LogP contribution in [-0.4, -0.2) is 11.8 Å². The minimum absolute atomic E-state index is 0.147. The number of benzene rings is 4. The first kappa shape index (κ1) is 24.0. The van der Waals surface area contributed by atoms with E-state index >= 15 is 0 Å². The van der Waals surface area contributed by atoms with Crippen LogP contribution in [-0.2, 0) is 11.3 Å². The zero-order chi connectivity index (χ0) is 24.5. The van der Waals surface area contributed by atoms with Crippen LogP contribution in [0.5, 0.6) is 11.5 Å². The second-order valence-electron chi connectivity index (χ2n) is 7.65. The number of para-hydroxylation sites is 1. The van der Waals surface area contributed by atoms with E-state index in [2.05, 4.69) is 26.6 Å². The van der Waals surface area contributed by atoms with Gasteiger partial charge in [-0.25, -0.2) is 0 Å². The number of carbonyl (C=O) groups excluding carboxylic acids is 2. The molecule has 2 amide bonds. The standard InChI is InChI=1S/C29H23BrN2O3/c30-25-13-7-8-14-27(25)35-24-17-15-21(16-18-24)19-26(32-28(33)23-11-5-2-6-12-23)29(34)31-20-22-9-3-1-4-10-22/h1-19H,20H2,(H,31,34)(H,32,33)/b26-19-. The van der Waals surface area contributed by atoms with Crippen molar-refractivity contribution in [2.24, 2.45) is 0 Å². The lowest BCUT2D eigenvalue weighted by molar-refractivity contribution is -0.117. The predicted molar refractivity (Wildman–Crippen MR) is 141 cm³/mol. The molecule has 4 aromatic carbocycles. The molecule has 4 aromatic rings. The van der Waals surface area contributed by atoms with E-state index in [1.54, 1.807) is 30.3 Å². The summed E-state index contributed by atoms with van der Waals surface area (Å²) < 4.78 is 6.76. The topological polar surface area (TPSA) is 67.4 Å². The fourth-order valence-electron chi connectivity index (χ4n) is 3.27. The van der Waals surface area contributed by atoms with Crippen molar-refractivity contribution >= 4 is 33.8 Å². The van der Waals surface area contributed by atoms with Gasteiger partial charge in [0, 0.05) is 12.1 Å². The molecule has 0 spiro atoms. The molecule has 0 aliphatic rings. The molecule has 0 atom stereocenters. The van der Waals surface area contributed by atoms with Crippen LogP contribution >= 0.6 is 15.9 Å². The first-order chi connectivity index (χ1) is 17.1. The quantitative estimate of drug-likeness (QED) is 0.263. The van der Waals surface area contributed by atoms with Gasteiger partial charge in [0.05, 0.1) is 4.47 Å². The molecule has 174 valence electrons. The van der Waals surface area contributed by atoms with Crippen LogP contribution in [0.15, 0.2) is 119 Å². The maximum absolute atomic E-state index is 13.0. The van der Waals surface area contributed by atoms with Crippen molar-refractivity contribution in [2.45, 2.75) is 6.54 Å². The third kappa shape index (κ3) is 6.91. The zero-order valence-electron chi connectivity index (χ0n) is 18.8. The number of hydrogen-bond donors (Lipinski definition) is 2. The molecule has 0 aromatic heterocycles. The minimum atomic E-state index is -0.383. The van der Waals surface area contributed by atoms with Crippen molar-refractivity contribution in [1.29, 1.82) is 0 Å². The summed E-state index contributed by atoms with van der Waals surface area (Å²) >= 11 is 3.47. The van der Waals surface area contributed by atoms with Crippen LogP contribution in [0.2, 0.25) is 0 Å². The van der Waals surface area contributed by atoms with Gasteiger partial charge in [-0.3, -0.25) is 9.59 Å².